The minimum Gasteiger partial charge on any atom is -0.507 e. The number of nitro benzene ring substituents is 1. The van der Waals surface area contributed by atoms with Gasteiger partial charge in [-0.15, -0.1) is 0 Å². The number of hydrogen-bond acceptors (Lipinski definition) is 8. The minimum atomic E-state index is -1.15. The van der Waals surface area contributed by atoms with Crippen LogP contribution in [0.4, 0.5) is 11.4 Å². The van der Waals surface area contributed by atoms with Crippen molar-refractivity contribution in [2.75, 3.05) is 11.5 Å². The molecule has 1 aliphatic carbocycles. The van der Waals surface area contributed by atoms with Gasteiger partial charge in [0.25, 0.3) is 5.69 Å². The number of carbonyl (C=O) groups is 2. The fraction of sp³-hybridized carbons (Fsp3) is 0.400. The standard InChI is InChI=1S/C30H33BN2O8/c1-2-6-18(13-19-7-3-4-10-25(19)35)11-12-26-27-20(17-34)14-23-28(24(27)16-31(38)41-26)30(37)32(29(23)36)21-8-5-9-22(15-21)33(39)40/h3-5,7-10,13,15,23-24,26,28,34-35,38H,2,6,11-12,14,16-17H2,1H3/b18-13+/t23-,24+,26-,28-/m1/s1. The number of non-ortho nitro benzene ring substituents is 1. The zero-order valence-corrected chi connectivity index (χ0v) is 22.8. The van der Waals surface area contributed by atoms with Crippen molar-refractivity contribution in [3.05, 3.63) is 80.9 Å². The van der Waals surface area contributed by atoms with Crippen molar-refractivity contribution >= 4 is 36.4 Å². The van der Waals surface area contributed by atoms with Crippen molar-refractivity contribution < 1.29 is 34.4 Å². The van der Waals surface area contributed by atoms with Crippen LogP contribution in [0, 0.1) is 27.9 Å². The number of imide groups is 1. The molecule has 2 heterocycles. The molecule has 0 unspecified atom stereocenters. The van der Waals surface area contributed by atoms with Crippen molar-refractivity contribution in [2.45, 2.75) is 51.5 Å². The highest BCUT2D eigenvalue weighted by molar-refractivity contribution is 6.43. The molecule has 10 nitrogen and oxygen atoms in total. The van der Waals surface area contributed by atoms with Gasteiger partial charge in [-0.05, 0) is 61.2 Å². The molecule has 214 valence electrons. The van der Waals surface area contributed by atoms with Crippen molar-refractivity contribution in [3.8, 4) is 5.75 Å². The Hall–Kier alpha value is -3.80. The molecule has 0 bridgehead atoms. The van der Waals surface area contributed by atoms with E-state index in [4.69, 9.17) is 4.65 Å². The Kier molecular flexibility index (Phi) is 8.39. The van der Waals surface area contributed by atoms with Crippen molar-refractivity contribution in [3.63, 3.8) is 0 Å². The summed E-state index contributed by atoms with van der Waals surface area (Å²) in [6.07, 6.45) is 4.47. The number of allylic oxidation sites excluding steroid dienone is 1. The maximum Gasteiger partial charge on any atom is 0.455 e. The van der Waals surface area contributed by atoms with Crippen LogP contribution in [0.25, 0.3) is 6.08 Å². The van der Waals surface area contributed by atoms with Gasteiger partial charge in [0.15, 0.2) is 0 Å². The highest BCUT2D eigenvalue weighted by Gasteiger charge is 2.57. The first-order chi connectivity index (χ1) is 19.7. The molecule has 2 fully saturated rings. The van der Waals surface area contributed by atoms with E-state index in [1.807, 2.05) is 18.2 Å². The molecule has 3 N–H and O–H groups in total. The Morgan fingerprint density at radius 1 is 1.15 bits per heavy atom. The number of nitrogens with zero attached hydrogens (tertiary/aromatic N) is 2. The van der Waals surface area contributed by atoms with Crippen molar-refractivity contribution in [1.29, 1.82) is 0 Å². The number of phenolic OH excluding ortho intramolecular Hbond substituents is 1. The second kappa shape index (κ2) is 12.0. The number of aromatic hydroxyl groups is 1. The van der Waals surface area contributed by atoms with E-state index in [0.29, 0.717) is 24.0 Å². The van der Waals surface area contributed by atoms with Crippen LogP contribution in [-0.4, -0.2) is 51.8 Å². The molecule has 41 heavy (non-hydrogen) atoms. The second-order valence-corrected chi connectivity index (χ2v) is 10.9. The molecule has 2 aliphatic heterocycles. The van der Waals surface area contributed by atoms with Crippen LogP contribution in [0.1, 0.15) is 44.6 Å². The molecule has 0 spiro atoms. The summed E-state index contributed by atoms with van der Waals surface area (Å²) in [6, 6.07) is 12.5. The number of aliphatic hydroxyl groups excluding tert-OH is 1. The van der Waals surface area contributed by atoms with E-state index in [2.05, 4.69) is 6.92 Å². The molecule has 0 saturated carbocycles. The number of rotatable bonds is 9. The van der Waals surface area contributed by atoms with Crippen LogP contribution < -0.4 is 4.90 Å². The third-order valence-corrected chi connectivity index (χ3v) is 8.39. The number of hydrogen-bond donors (Lipinski definition) is 3. The summed E-state index contributed by atoms with van der Waals surface area (Å²) in [5.41, 5.74) is 3.12. The Morgan fingerprint density at radius 2 is 1.93 bits per heavy atom. The first-order valence-electron chi connectivity index (χ1n) is 14.0. The van der Waals surface area contributed by atoms with E-state index >= 15 is 0 Å². The maximum absolute atomic E-state index is 13.8. The quantitative estimate of drug-likeness (QED) is 0.135. The van der Waals surface area contributed by atoms with E-state index in [9.17, 15) is 34.9 Å². The average Bonchev–Trinajstić information content (AvgIpc) is 3.21. The Labute approximate surface area is 238 Å². The van der Waals surface area contributed by atoms with Crippen LogP contribution >= 0.6 is 0 Å². The van der Waals surface area contributed by atoms with Crippen LogP contribution in [0.3, 0.4) is 0 Å². The number of benzene rings is 2. The summed E-state index contributed by atoms with van der Waals surface area (Å²) < 4.78 is 5.98. The number of phenols is 1. The SMILES string of the molecule is CCC/C(=C\c1ccccc1O)CC[C@H]1OB(O)C[C@H]2C1=C(CO)C[C@H]1C(=O)N(c3cccc([N+](=O)[O-])c3)C(=O)[C@H]12. The molecule has 2 aromatic rings. The van der Waals surface area contributed by atoms with E-state index in [1.165, 1.54) is 24.3 Å². The third kappa shape index (κ3) is 5.57. The predicted molar refractivity (Wildman–Crippen MR) is 153 cm³/mol. The smallest absolute Gasteiger partial charge is 0.455 e. The van der Waals surface area contributed by atoms with Gasteiger partial charge in [-0.1, -0.05) is 49.3 Å². The predicted octanol–water partition coefficient (Wildman–Crippen LogP) is 4.26. The van der Waals surface area contributed by atoms with Crippen LogP contribution in [0.2, 0.25) is 6.32 Å². The molecule has 2 saturated heterocycles. The van der Waals surface area contributed by atoms with Gasteiger partial charge >= 0.3 is 7.12 Å². The zero-order chi connectivity index (χ0) is 29.3. The molecule has 2 aromatic carbocycles. The molecule has 5 rings (SSSR count). The second-order valence-electron chi connectivity index (χ2n) is 10.9. The normalized spacial score (nSPS) is 24.5. The lowest BCUT2D eigenvalue weighted by Crippen LogP contribution is -2.46. The Bertz CT molecular complexity index is 1420. The molecule has 0 radical (unpaired) electrons. The average molecular weight is 560 g/mol. The Balaban J connectivity index is 1.44. The van der Waals surface area contributed by atoms with Gasteiger partial charge in [0.05, 0.1) is 35.2 Å². The van der Waals surface area contributed by atoms with Gasteiger partial charge in [0.1, 0.15) is 5.75 Å². The summed E-state index contributed by atoms with van der Waals surface area (Å²) in [5, 5.41) is 42.6. The summed E-state index contributed by atoms with van der Waals surface area (Å²) in [6.45, 7) is 1.76. The molecule has 11 heteroatoms. The maximum atomic E-state index is 13.8. The topological polar surface area (TPSA) is 150 Å². The molecular formula is C30H33BN2O8. The lowest BCUT2D eigenvalue weighted by Gasteiger charge is -2.43. The van der Waals surface area contributed by atoms with Crippen molar-refractivity contribution in [1.82, 2.24) is 0 Å². The van der Waals surface area contributed by atoms with Gasteiger partial charge in [-0.25, -0.2) is 4.90 Å². The number of fused-ring (bicyclic) bond motifs is 3. The zero-order valence-electron chi connectivity index (χ0n) is 22.8. The van der Waals surface area contributed by atoms with Gasteiger partial charge in [-0.3, -0.25) is 19.7 Å². The number of nitro groups is 1. The lowest BCUT2D eigenvalue weighted by atomic mass is 9.58. The van der Waals surface area contributed by atoms with Crippen LogP contribution in [0.5, 0.6) is 5.75 Å². The largest absolute Gasteiger partial charge is 0.507 e. The monoisotopic (exact) mass is 560 g/mol. The van der Waals surface area contributed by atoms with Gasteiger partial charge in [-0.2, -0.15) is 0 Å². The van der Waals surface area contributed by atoms with Gasteiger partial charge in [0.2, 0.25) is 11.8 Å². The lowest BCUT2D eigenvalue weighted by molar-refractivity contribution is -0.384. The number of aliphatic hydroxyl groups is 1. The molecule has 2 amide bonds. The summed E-state index contributed by atoms with van der Waals surface area (Å²) in [4.78, 5) is 39.1. The van der Waals surface area contributed by atoms with Crippen LogP contribution in [-0.2, 0) is 14.2 Å². The van der Waals surface area contributed by atoms with Crippen molar-refractivity contribution in [2.24, 2.45) is 17.8 Å². The Morgan fingerprint density at radius 3 is 2.63 bits per heavy atom. The summed E-state index contributed by atoms with van der Waals surface area (Å²) >= 11 is 0. The number of para-hydroxylation sites is 1. The number of amides is 2. The van der Waals surface area contributed by atoms with E-state index in [0.717, 1.165) is 28.9 Å². The minimum absolute atomic E-state index is 0.105. The molecule has 3 aliphatic rings. The number of carbonyl (C=O) groups excluding carboxylic acids is 2. The van der Waals surface area contributed by atoms with Gasteiger partial charge < -0.3 is 19.9 Å². The number of anilines is 1. The first-order valence-corrected chi connectivity index (χ1v) is 14.0. The molecule has 0 aromatic heterocycles. The van der Waals surface area contributed by atoms with E-state index in [1.54, 1.807) is 12.1 Å². The highest BCUT2D eigenvalue weighted by Crippen LogP contribution is 2.51. The van der Waals surface area contributed by atoms with E-state index < -0.39 is 47.7 Å². The van der Waals surface area contributed by atoms with Crippen LogP contribution in [0.15, 0.2) is 65.3 Å². The summed E-state index contributed by atoms with van der Waals surface area (Å²) in [5.74, 6) is -2.74. The highest BCUT2D eigenvalue weighted by atomic mass is 16.6. The summed E-state index contributed by atoms with van der Waals surface area (Å²) in [7, 11) is -1.15. The fourth-order valence-electron chi connectivity index (χ4n) is 6.65. The third-order valence-electron chi connectivity index (χ3n) is 8.39. The molecular weight excluding hydrogens is 527 g/mol. The fourth-order valence-corrected chi connectivity index (χ4v) is 6.65. The molecule has 4 atom stereocenters. The first kappa shape index (κ1) is 28.7. The van der Waals surface area contributed by atoms with Gasteiger partial charge in [0, 0.05) is 17.7 Å². The van der Waals surface area contributed by atoms with E-state index in [-0.39, 0.29) is 36.5 Å².